The molecule has 0 bridgehead atoms. The number of ether oxygens (including phenoxy) is 4. The molecule has 0 spiro atoms. The molecule has 0 atom stereocenters. The lowest BCUT2D eigenvalue weighted by molar-refractivity contribution is -0.231. The second-order valence-electron chi connectivity index (χ2n) is 8.69. The Balaban J connectivity index is 1.61. The third-order valence-electron chi connectivity index (χ3n) is 5.66. The SMILES string of the molecule is CCCNC(=O)C1(C)COC(c2nc(-c3ccc(F)cc3)c(-c3ccnc(OCCOC)n3)[nH]2)OC1. The number of hydrogen-bond acceptors (Lipinski definition) is 8. The molecule has 10 nitrogen and oxygen atoms in total. The first-order valence-corrected chi connectivity index (χ1v) is 11.8. The Kier molecular flexibility index (Phi) is 8.24. The number of aromatic amines is 1. The van der Waals surface area contributed by atoms with E-state index in [1.165, 1.54) is 12.1 Å². The van der Waals surface area contributed by atoms with Gasteiger partial charge in [-0.15, -0.1) is 0 Å². The Morgan fingerprint density at radius 3 is 2.64 bits per heavy atom. The van der Waals surface area contributed by atoms with Crippen molar-refractivity contribution >= 4 is 5.91 Å². The number of aromatic nitrogens is 4. The highest BCUT2D eigenvalue weighted by Gasteiger charge is 2.40. The van der Waals surface area contributed by atoms with E-state index in [1.54, 1.807) is 38.4 Å². The van der Waals surface area contributed by atoms with E-state index in [0.29, 0.717) is 48.2 Å². The summed E-state index contributed by atoms with van der Waals surface area (Å²) in [5, 5.41) is 2.89. The van der Waals surface area contributed by atoms with Crippen LogP contribution in [-0.2, 0) is 19.0 Å². The van der Waals surface area contributed by atoms with Crippen LogP contribution >= 0.6 is 0 Å². The molecule has 0 saturated carbocycles. The number of methoxy groups -OCH3 is 1. The van der Waals surface area contributed by atoms with Crippen molar-refractivity contribution in [2.45, 2.75) is 26.6 Å². The Morgan fingerprint density at radius 2 is 1.94 bits per heavy atom. The number of nitrogens with zero attached hydrogens (tertiary/aromatic N) is 3. The monoisotopic (exact) mass is 499 g/mol. The van der Waals surface area contributed by atoms with Gasteiger partial charge in [-0.2, -0.15) is 4.98 Å². The Bertz CT molecular complexity index is 1160. The molecule has 11 heteroatoms. The molecule has 1 saturated heterocycles. The van der Waals surface area contributed by atoms with Crippen molar-refractivity contribution in [3.8, 4) is 28.7 Å². The minimum absolute atomic E-state index is 0.114. The standard InChI is InChI=1S/C25H30FN5O5/c1-4-10-27-23(32)25(2)14-35-22(36-15-25)21-30-19(16-5-7-17(26)8-6-16)20(31-21)18-9-11-28-24(29-18)34-13-12-33-3/h5-9,11,22H,4,10,12-15H2,1-3H3,(H,27,32)(H,30,31). The summed E-state index contributed by atoms with van der Waals surface area (Å²) >= 11 is 0. The molecule has 3 heterocycles. The van der Waals surface area contributed by atoms with Gasteiger partial charge in [0, 0.05) is 25.4 Å². The van der Waals surface area contributed by atoms with E-state index in [9.17, 15) is 9.18 Å². The van der Waals surface area contributed by atoms with Crippen LogP contribution in [0.5, 0.6) is 6.01 Å². The van der Waals surface area contributed by atoms with Crippen LogP contribution < -0.4 is 10.1 Å². The van der Waals surface area contributed by atoms with Gasteiger partial charge in [-0.1, -0.05) is 6.92 Å². The predicted molar refractivity (Wildman–Crippen MR) is 128 cm³/mol. The fraction of sp³-hybridized carbons (Fsp3) is 0.440. The summed E-state index contributed by atoms with van der Waals surface area (Å²) in [5.74, 6) is -0.0655. The quantitative estimate of drug-likeness (QED) is 0.408. The third-order valence-corrected chi connectivity index (χ3v) is 5.66. The molecular weight excluding hydrogens is 469 g/mol. The zero-order chi connectivity index (χ0) is 25.5. The topological polar surface area (TPSA) is 120 Å². The maximum absolute atomic E-state index is 13.6. The molecule has 0 unspecified atom stereocenters. The van der Waals surface area contributed by atoms with Gasteiger partial charge in [-0.3, -0.25) is 4.79 Å². The van der Waals surface area contributed by atoms with E-state index in [1.807, 2.05) is 6.92 Å². The van der Waals surface area contributed by atoms with Gasteiger partial charge in [-0.05, 0) is 43.7 Å². The van der Waals surface area contributed by atoms with Crippen LogP contribution in [0.1, 0.15) is 32.4 Å². The molecule has 1 amide bonds. The zero-order valence-electron chi connectivity index (χ0n) is 20.5. The van der Waals surface area contributed by atoms with Crippen LogP contribution in [0.25, 0.3) is 22.6 Å². The van der Waals surface area contributed by atoms with Crippen molar-refractivity contribution < 1.29 is 28.1 Å². The van der Waals surface area contributed by atoms with E-state index in [0.717, 1.165) is 6.42 Å². The van der Waals surface area contributed by atoms with Crippen molar-refractivity contribution in [1.29, 1.82) is 0 Å². The first-order valence-electron chi connectivity index (χ1n) is 11.8. The summed E-state index contributed by atoms with van der Waals surface area (Å²) in [4.78, 5) is 29.1. The molecule has 36 heavy (non-hydrogen) atoms. The average molecular weight is 500 g/mol. The van der Waals surface area contributed by atoms with Crippen molar-refractivity contribution in [2.24, 2.45) is 5.41 Å². The number of nitrogens with one attached hydrogen (secondary N) is 2. The Labute approximate surface area is 208 Å². The fourth-order valence-corrected chi connectivity index (χ4v) is 3.62. The van der Waals surface area contributed by atoms with Gasteiger partial charge in [0.05, 0.1) is 42.3 Å². The fourth-order valence-electron chi connectivity index (χ4n) is 3.62. The number of rotatable bonds is 10. The number of hydrogen-bond donors (Lipinski definition) is 2. The van der Waals surface area contributed by atoms with Crippen molar-refractivity contribution in [3.05, 3.63) is 48.2 Å². The molecular formula is C25H30FN5O5. The summed E-state index contributed by atoms with van der Waals surface area (Å²) in [7, 11) is 1.58. The lowest BCUT2D eigenvalue weighted by atomic mass is 9.91. The molecule has 0 radical (unpaired) electrons. The van der Waals surface area contributed by atoms with E-state index < -0.39 is 11.7 Å². The minimum Gasteiger partial charge on any atom is -0.461 e. The Morgan fingerprint density at radius 1 is 1.19 bits per heavy atom. The van der Waals surface area contributed by atoms with E-state index >= 15 is 0 Å². The van der Waals surface area contributed by atoms with Crippen LogP contribution in [0.2, 0.25) is 0 Å². The highest BCUT2D eigenvalue weighted by molar-refractivity contribution is 5.82. The predicted octanol–water partition coefficient (Wildman–Crippen LogP) is 3.28. The number of carbonyl (C=O) groups excluding carboxylic acids is 1. The normalized spacial score (nSPS) is 19.7. The summed E-state index contributed by atoms with van der Waals surface area (Å²) in [6, 6.07) is 7.89. The molecule has 1 aliphatic rings. The van der Waals surface area contributed by atoms with Gasteiger partial charge in [0.2, 0.25) is 12.2 Å². The number of carbonyl (C=O) groups is 1. The number of imidazole rings is 1. The van der Waals surface area contributed by atoms with Gasteiger partial charge in [-0.25, -0.2) is 14.4 Å². The van der Waals surface area contributed by atoms with Gasteiger partial charge < -0.3 is 29.2 Å². The van der Waals surface area contributed by atoms with E-state index in [2.05, 4.69) is 20.3 Å². The highest BCUT2D eigenvalue weighted by atomic mass is 19.1. The van der Waals surface area contributed by atoms with Crippen molar-refractivity contribution in [1.82, 2.24) is 25.3 Å². The van der Waals surface area contributed by atoms with Gasteiger partial charge in [0.15, 0.2) is 5.82 Å². The van der Waals surface area contributed by atoms with Crippen LogP contribution in [0.3, 0.4) is 0 Å². The van der Waals surface area contributed by atoms with Gasteiger partial charge >= 0.3 is 6.01 Å². The van der Waals surface area contributed by atoms with Gasteiger partial charge in [0.25, 0.3) is 0 Å². The maximum Gasteiger partial charge on any atom is 0.317 e. The largest absolute Gasteiger partial charge is 0.461 e. The van der Waals surface area contributed by atoms with Crippen LogP contribution in [0.4, 0.5) is 4.39 Å². The lowest BCUT2D eigenvalue weighted by Crippen LogP contribution is -2.48. The summed E-state index contributed by atoms with van der Waals surface area (Å²) in [6.07, 6.45) is 1.60. The van der Waals surface area contributed by atoms with Gasteiger partial charge in [0.1, 0.15) is 12.4 Å². The second kappa shape index (κ2) is 11.5. The van der Waals surface area contributed by atoms with E-state index in [-0.39, 0.29) is 30.9 Å². The van der Waals surface area contributed by atoms with Crippen molar-refractivity contribution in [3.63, 3.8) is 0 Å². The number of amides is 1. The van der Waals surface area contributed by atoms with Crippen LogP contribution in [0, 0.1) is 11.2 Å². The molecule has 0 aliphatic carbocycles. The van der Waals surface area contributed by atoms with Crippen LogP contribution in [-0.4, -0.2) is 65.9 Å². The number of H-pyrrole nitrogens is 1. The first kappa shape index (κ1) is 25.7. The molecule has 2 aromatic heterocycles. The second-order valence-corrected chi connectivity index (χ2v) is 8.69. The lowest BCUT2D eigenvalue weighted by Gasteiger charge is -2.35. The van der Waals surface area contributed by atoms with Crippen LogP contribution in [0.15, 0.2) is 36.5 Å². The molecule has 192 valence electrons. The summed E-state index contributed by atoms with van der Waals surface area (Å²) in [6.45, 7) is 5.42. The number of benzene rings is 1. The molecule has 2 N–H and O–H groups in total. The molecule has 1 aromatic carbocycles. The van der Waals surface area contributed by atoms with Crippen molar-refractivity contribution in [2.75, 3.05) is 40.1 Å². The molecule has 1 fully saturated rings. The minimum atomic E-state index is -0.816. The summed E-state index contributed by atoms with van der Waals surface area (Å²) in [5.41, 5.74) is 1.50. The molecule has 4 rings (SSSR count). The average Bonchev–Trinajstić information content (AvgIpc) is 3.34. The maximum atomic E-state index is 13.6. The Hall–Kier alpha value is -3.41. The highest BCUT2D eigenvalue weighted by Crippen LogP contribution is 2.35. The zero-order valence-corrected chi connectivity index (χ0v) is 20.5. The summed E-state index contributed by atoms with van der Waals surface area (Å²) < 4.78 is 36.0. The molecule has 1 aliphatic heterocycles. The smallest absolute Gasteiger partial charge is 0.317 e. The van der Waals surface area contributed by atoms with E-state index in [4.69, 9.17) is 23.9 Å². The first-order chi connectivity index (χ1) is 17.4. The molecule has 3 aromatic rings. The number of halogens is 1. The third kappa shape index (κ3) is 5.86.